The molecule has 0 aliphatic carbocycles. The van der Waals surface area contributed by atoms with Gasteiger partial charge >= 0.3 is 0 Å². The van der Waals surface area contributed by atoms with Crippen LogP contribution in [0.25, 0.3) is 0 Å². The van der Waals surface area contributed by atoms with Gasteiger partial charge in [-0.3, -0.25) is 0 Å². The van der Waals surface area contributed by atoms with Crippen molar-refractivity contribution in [2.45, 2.75) is 19.4 Å². The highest BCUT2D eigenvalue weighted by atomic mass is 19.1. The van der Waals surface area contributed by atoms with Crippen molar-refractivity contribution in [3.05, 3.63) is 29.3 Å². The highest BCUT2D eigenvalue weighted by Crippen LogP contribution is 2.25. The quantitative estimate of drug-likeness (QED) is 0.892. The molecular weight excluding hydrogens is 252 g/mol. The molecule has 0 aromatic heterocycles. The molecule has 106 valence electrons. The summed E-state index contributed by atoms with van der Waals surface area (Å²) in [6, 6.07) is 2.61. The van der Waals surface area contributed by atoms with Gasteiger partial charge in [-0.25, -0.2) is 8.78 Å². The van der Waals surface area contributed by atoms with Crippen molar-refractivity contribution in [2.24, 2.45) is 5.92 Å². The van der Waals surface area contributed by atoms with Gasteiger partial charge in [0.05, 0.1) is 6.61 Å². The minimum absolute atomic E-state index is 0.272. The van der Waals surface area contributed by atoms with Crippen LogP contribution in [0.4, 0.5) is 8.78 Å². The second-order valence-corrected chi connectivity index (χ2v) is 4.79. The summed E-state index contributed by atoms with van der Waals surface area (Å²) in [5, 5.41) is 2.85. The molecule has 1 aromatic rings. The molecule has 19 heavy (non-hydrogen) atoms. The number of hydrogen-bond acceptors (Lipinski definition) is 3. The van der Waals surface area contributed by atoms with Crippen LogP contribution in [0.15, 0.2) is 12.1 Å². The predicted octanol–water partition coefficient (Wildman–Crippen LogP) is 2.49. The van der Waals surface area contributed by atoms with Crippen LogP contribution in [0.5, 0.6) is 5.75 Å². The van der Waals surface area contributed by atoms with Crippen LogP contribution in [0, 0.1) is 17.6 Å². The standard InChI is InChI=1S/C14H19F2NO2/c1-17-8-11-6-12(15)14(13(16)7-11)19-9-10-2-4-18-5-3-10/h6-7,10,17H,2-5,8-9H2,1H3. The Bertz CT molecular complexity index is 397. The molecule has 1 aliphatic rings. The second kappa shape index (κ2) is 6.82. The third-order valence-corrected chi connectivity index (χ3v) is 3.24. The van der Waals surface area contributed by atoms with Crippen LogP contribution in [0.3, 0.4) is 0 Å². The molecule has 0 radical (unpaired) electrons. The van der Waals surface area contributed by atoms with Gasteiger partial charge in [0.2, 0.25) is 0 Å². The Kier molecular flexibility index (Phi) is 5.10. The van der Waals surface area contributed by atoms with Crippen LogP contribution < -0.4 is 10.1 Å². The van der Waals surface area contributed by atoms with E-state index < -0.39 is 11.6 Å². The van der Waals surface area contributed by atoms with E-state index in [-0.39, 0.29) is 5.75 Å². The minimum atomic E-state index is -0.641. The Balaban J connectivity index is 1.99. The molecule has 1 N–H and O–H groups in total. The molecule has 0 unspecified atom stereocenters. The fourth-order valence-corrected chi connectivity index (χ4v) is 2.17. The summed E-state index contributed by atoms with van der Waals surface area (Å²) < 4.78 is 38.1. The van der Waals surface area contributed by atoms with E-state index in [1.807, 2.05) is 0 Å². The lowest BCUT2D eigenvalue weighted by atomic mass is 10.0. The summed E-state index contributed by atoms with van der Waals surface area (Å²) in [6.45, 7) is 2.15. The van der Waals surface area contributed by atoms with Gasteiger partial charge in [0.25, 0.3) is 0 Å². The molecular formula is C14H19F2NO2. The molecule has 1 heterocycles. The molecule has 1 fully saturated rings. The summed E-state index contributed by atoms with van der Waals surface area (Å²) in [7, 11) is 1.73. The minimum Gasteiger partial charge on any atom is -0.487 e. The van der Waals surface area contributed by atoms with Crippen molar-refractivity contribution >= 4 is 0 Å². The maximum atomic E-state index is 13.8. The lowest BCUT2D eigenvalue weighted by molar-refractivity contribution is 0.0485. The van der Waals surface area contributed by atoms with E-state index in [2.05, 4.69) is 5.32 Å². The van der Waals surface area contributed by atoms with Gasteiger partial charge in [0, 0.05) is 19.8 Å². The van der Waals surface area contributed by atoms with E-state index >= 15 is 0 Å². The van der Waals surface area contributed by atoms with E-state index in [0.717, 1.165) is 12.8 Å². The van der Waals surface area contributed by atoms with E-state index in [0.29, 0.717) is 37.8 Å². The molecule has 0 bridgehead atoms. The van der Waals surface area contributed by atoms with Crippen molar-refractivity contribution < 1.29 is 18.3 Å². The smallest absolute Gasteiger partial charge is 0.190 e. The highest BCUT2D eigenvalue weighted by molar-refractivity contribution is 5.31. The number of hydrogen-bond donors (Lipinski definition) is 1. The fraction of sp³-hybridized carbons (Fsp3) is 0.571. The average molecular weight is 271 g/mol. The van der Waals surface area contributed by atoms with E-state index in [4.69, 9.17) is 9.47 Å². The zero-order valence-electron chi connectivity index (χ0n) is 11.0. The number of nitrogens with one attached hydrogen (secondary N) is 1. The highest BCUT2D eigenvalue weighted by Gasteiger charge is 2.18. The molecule has 0 atom stereocenters. The Morgan fingerprint density at radius 2 is 1.89 bits per heavy atom. The summed E-state index contributed by atoms with van der Waals surface area (Å²) in [6.07, 6.45) is 1.75. The Morgan fingerprint density at radius 3 is 2.47 bits per heavy atom. The summed E-state index contributed by atoms with van der Waals surface area (Å²) >= 11 is 0. The second-order valence-electron chi connectivity index (χ2n) is 4.79. The zero-order chi connectivity index (χ0) is 13.7. The fourth-order valence-electron chi connectivity index (χ4n) is 2.17. The number of ether oxygens (including phenoxy) is 2. The van der Waals surface area contributed by atoms with Crippen LogP contribution in [0.2, 0.25) is 0 Å². The summed E-state index contributed by atoms with van der Waals surface area (Å²) in [5.74, 6) is -1.24. The maximum Gasteiger partial charge on any atom is 0.190 e. The Hall–Kier alpha value is -1.20. The van der Waals surface area contributed by atoms with Gasteiger partial charge < -0.3 is 14.8 Å². The monoisotopic (exact) mass is 271 g/mol. The molecule has 0 spiro atoms. The molecule has 2 rings (SSSR count). The Labute approximate surface area is 111 Å². The lowest BCUT2D eigenvalue weighted by Crippen LogP contribution is -2.22. The zero-order valence-corrected chi connectivity index (χ0v) is 11.0. The van der Waals surface area contributed by atoms with Crippen LogP contribution in [-0.2, 0) is 11.3 Å². The number of benzene rings is 1. The third-order valence-electron chi connectivity index (χ3n) is 3.24. The van der Waals surface area contributed by atoms with Crippen molar-refractivity contribution in [1.29, 1.82) is 0 Å². The molecule has 1 aliphatic heterocycles. The van der Waals surface area contributed by atoms with Gasteiger partial charge in [-0.15, -0.1) is 0 Å². The number of rotatable bonds is 5. The first-order valence-electron chi connectivity index (χ1n) is 6.53. The molecule has 1 aromatic carbocycles. The van der Waals surface area contributed by atoms with Gasteiger partial charge in [0.15, 0.2) is 17.4 Å². The van der Waals surface area contributed by atoms with Crippen molar-refractivity contribution in [2.75, 3.05) is 26.9 Å². The first-order chi connectivity index (χ1) is 9.20. The van der Waals surface area contributed by atoms with E-state index in [1.165, 1.54) is 12.1 Å². The normalized spacial score (nSPS) is 16.6. The van der Waals surface area contributed by atoms with Crippen LogP contribution in [0.1, 0.15) is 18.4 Å². The molecule has 3 nitrogen and oxygen atoms in total. The average Bonchev–Trinajstić information content (AvgIpc) is 2.39. The van der Waals surface area contributed by atoms with Gasteiger partial charge in [-0.1, -0.05) is 0 Å². The SMILES string of the molecule is CNCc1cc(F)c(OCC2CCOCC2)c(F)c1. The van der Waals surface area contributed by atoms with Crippen molar-refractivity contribution in [1.82, 2.24) is 5.32 Å². The van der Waals surface area contributed by atoms with Crippen LogP contribution >= 0.6 is 0 Å². The molecule has 1 saturated heterocycles. The van der Waals surface area contributed by atoms with E-state index in [9.17, 15) is 8.78 Å². The van der Waals surface area contributed by atoms with Gasteiger partial charge in [-0.2, -0.15) is 0 Å². The van der Waals surface area contributed by atoms with Gasteiger partial charge in [-0.05, 0) is 43.5 Å². The number of halogens is 2. The molecule has 0 amide bonds. The van der Waals surface area contributed by atoms with Crippen molar-refractivity contribution in [3.63, 3.8) is 0 Å². The summed E-state index contributed by atoms with van der Waals surface area (Å²) in [4.78, 5) is 0. The first kappa shape index (κ1) is 14.2. The third kappa shape index (κ3) is 3.88. The topological polar surface area (TPSA) is 30.5 Å². The van der Waals surface area contributed by atoms with Crippen LogP contribution in [-0.4, -0.2) is 26.9 Å². The van der Waals surface area contributed by atoms with Gasteiger partial charge in [0.1, 0.15) is 0 Å². The van der Waals surface area contributed by atoms with Crippen molar-refractivity contribution in [3.8, 4) is 5.75 Å². The maximum absolute atomic E-state index is 13.8. The molecule has 5 heteroatoms. The molecule has 0 saturated carbocycles. The lowest BCUT2D eigenvalue weighted by Gasteiger charge is -2.22. The first-order valence-corrected chi connectivity index (χ1v) is 6.53. The summed E-state index contributed by atoms with van der Waals surface area (Å²) in [5.41, 5.74) is 0.566. The largest absolute Gasteiger partial charge is 0.487 e. The Morgan fingerprint density at radius 1 is 1.26 bits per heavy atom. The van der Waals surface area contributed by atoms with E-state index in [1.54, 1.807) is 7.05 Å². The predicted molar refractivity (Wildman–Crippen MR) is 68.2 cm³/mol.